The molecule has 2 heterocycles. The molecule has 0 spiro atoms. The van der Waals surface area contributed by atoms with Crippen molar-refractivity contribution in [3.63, 3.8) is 0 Å². The Labute approximate surface area is 141 Å². The molecule has 0 bridgehead atoms. The number of hydrogen-bond donors (Lipinski definition) is 3. The van der Waals surface area contributed by atoms with E-state index in [1.165, 1.54) is 32.9 Å². The number of aliphatic hydroxyl groups excluding tert-OH is 1. The first-order valence-corrected chi connectivity index (χ1v) is 8.61. The van der Waals surface area contributed by atoms with Gasteiger partial charge in [-0.25, -0.2) is 0 Å². The van der Waals surface area contributed by atoms with Crippen molar-refractivity contribution >= 4 is 21.8 Å². The third kappa shape index (κ3) is 2.61. The lowest BCUT2D eigenvalue weighted by Gasteiger charge is -2.16. The molecule has 4 aromatic rings. The molecule has 0 aliphatic carbocycles. The zero-order chi connectivity index (χ0) is 16.4. The summed E-state index contributed by atoms with van der Waals surface area (Å²) in [6.07, 6.45) is 7.19. The molecule has 122 valence electrons. The minimum atomic E-state index is 0.258. The van der Waals surface area contributed by atoms with Gasteiger partial charge in [-0.1, -0.05) is 42.8 Å². The summed E-state index contributed by atoms with van der Waals surface area (Å²) in [6.45, 7) is 0.258. The first-order chi connectivity index (χ1) is 11.9. The van der Waals surface area contributed by atoms with Crippen LogP contribution in [0.5, 0.6) is 0 Å². The van der Waals surface area contributed by atoms with Crippen molar-refractivity contribution in [3.8, 4) is 0 Å². The van der Waals surface area contributed by atoms with E-state index in [0.29, 0.717) is 5.92 Å². The van der Waals surface area contributed by atoms with Gasteiger partial charge in [0.2, 0.25) is 0 Å². The molecule has 0 atom stereocenters. The van der Waals surface area contributed by atoms with Crippen LogP contribution in [0.15, 0.2) is 60.9 Å². The number of unbranched alkanes of at least 4 members (excludes halogenated alkanes) is 1. The van der Waals surface area contributed by atoms with E-state index < -0.39 is 0 Å². The van der Waals surface area contributed by atoms with Crippen molar-refractivity contribution in [3.05, 3.63) is 72.1 Å². The number of nitrogens with one attached hydrogen (secondary N) is 2. The Morgan fingerprint density at radius 1 is 0.750 bits per heavy atom. The summed E-state index contributed by atoms with van der Waals surface area (Å²) in [5.41, 5.74) is 5.04. The molecule has 0 fully saturated rings. The molecule has 4 rings (SSSR count). The molecule has 0 saturated carbocycles. The summed E-state index contributed by atoms with van der Waals surface area (Å²) < 4.78 is 0. The van der Waals surface area contributed by atoms with Crippen molar-refractivity contribution < 1.29 is 5.11 Å². The quantitative estimate of drug-likeness (QED) is 0.433. The average molecular weight is 318 g/mol. The van der Waals surface area contributed by atoms with E-state index in [1.807, 2.05) is 0 Å². The summed E-state index contributed by atoms with van der Waals surface area (Å²) in [7, 11) is 0. The van der Waals surface area contributed by atoms with Gasteiger partial charge in [0.25, 0.3) is 0 Å². The maximum absolute atomic E-state index is 9.17. The van der Waals surface area contributed by atoms with E-state index in [-0.39, 0.29) is 6.61 Å². The van der Waals surface area contributed by atoms with Gasteiger partial charge >= 0.3 is 0 Å². The molecular formula is C21H22N2O. The molecule has 24 heavy (non-hydrogen) atoms. The normalized spacial score (nSPS) is 11.8. The highest BCUT2D eigenvalue weighted by atomic mass is 16.2. The standard InChI is InChI=1S/C21H22N2O/c24-12-6-5-7-15(18-13-22-20-10-3-1-8-16(18)20)19-14-23-21-11-4-2-9-17(19)21/h1-4,8-11,13-15,22-24H,5-7,12H2. The van der Waals surface area contributed by atoms with Crippen LogP contribution in [-0.4, -0.2) is 21.7 Å². The molecule has 0 unspecified atom stereocenters. The first kappa shape index (κ1) is 15.0. The molecule has 0 amide bonds. The van der Waals surface area contributed by atoms with Gasteiger partial charge in [-0.3, -0.25) is 0 Å². The fraction of sp³-hybridized carbons (Fsp3) is 0.238. The summed E-state index contributed by atoms with van der Waals surface area (Å²) in [5.74, 6) is 0.323. The highest BCUT2D eigenvalue weighted by Crippen LogP contribution is 2.37. The van der Waals surface area contributed by atoms with Crippen LogP contribution in [-0.2, 0) is 0 Å². The smallest absolute Gasteiger partial charge is 0.0457 e. The number of rotatable bonds is 6. The molecule has 3 nitrogen and oxygen atoms in total. The predicted octanol–water partition coefficient (Wildman–Crippen LogP) is 4.94. The van der Waals surface area contributed by atoms with Crippen LogP contribution in [0.2, 0.25) is 0 Å². The van der Waals surface area contributed by atoms with Crippen LogP contribution in [0, 0.1) is 0 Å². The topological polar surface area (TPSA) is 51.8 Å². The summed E-state index contributed by atoms with van der Waals surface area (Å²) in [5, 5.41) is 11.7. The van der Waals surface area contributed by atoms with Gasteiger partial charge < -0.3 is 15.1 Å². The van der Waals surface area contributed by atoms with Gasteiger partial charge in [0.1, 0.15) is 0 Å². The molecule has 0 saturated heterocycles. The van der Waals surface area contributed by atoms with E-state index in [1.54, 1.807) is 0 Å². The zero-order valence-corrected chi connectivity index (χ0v) is 13.6. The van der Waals surface area contributed by atoms with Crippen molar-refractivity contribution in [2.75, 3.05) is 6.61 Å². The third-order valence-corrected chi connectivity index (χ3v) is 4.89. The van der Waals surface area contributed by atoms with E-state index in [4.69, 9.17) is 0 Å². The number of fused-ring (bicyclic) bond motifs is 2. The van der Waals surface area contributed by atoms with Crippen molar-refractivity contribution in [1.29, 1.82) is 0 Å². The van der Waals surface area contributed by atoms with Gasteiger partial charge in [-0.2, -0.15) is 0 Å². The predicted molar refractivity (Wildman–Crippen MR) is 99.4 cm³/mol. The molecular weight excluding hydrogens is 296 g/mol. The van der Waals surface area contributed by atoms with Crippen LogP contribution in [0.3, 0.4) is 0 Å². The van der Waals surface area contributed by atoms with Gasteiger partial charge in [0.15, 0.2) is 0 Å². The third-order valence-electron chi connectivity index (χ3n) is 4.89. The molecule has 0 aliphatic heterocycles. The minimum absolute atomic E-state index is 0.258. The maximum atomic E-state index is 9.17. The Balaban J connectivity index is 1.82. The van der Waals surface area contributed by atoms with Gasteiger partial charge in [0, 0.05) is 46.7 Å². The molecule has 3 N–H and O–H groups in total. The van der Waals surface area contributed by atoms with E-state index in [2.05, 4.69) is 70.9 Å². The number of aromatic nitrogens is 2. The van der Waals surface area contributed by atoms with Crippen molar-refractivity contribution in [2.24, 2.45) is 0 Å². The number of para-hydroxylation sites is 2. The molecule has 2 aromatic heterocycles. The number of H-pyrrole nitrogens is 2. The highest BCUT2D eigenvalue weighted by molar-refractivity contribution is 5.88. The summed E-state index contributed by atoms with van der Waals surface area (Å²) in [6, 6.07) is 16.9. The Kier molecular flexibility index (Phi) is 4.09. The molecule has 2 aromatic carbocycles. The lowest BCUT2D eigenvalue weighted by atomic mass is 9.86. The number of aromatic amines is 2. The average Bonchev–Trinajstić information content (AvgIpc) is 3.24. The zero-order valence-electron chi connectivity index (χ0n) is 13.6. The van der Waals surface area contributed by atoms with Crippen molar-refractivity contribution in [1.82, 2.24) is 9.97 Å². The SMILES string of the molecule is OCCCCC(c1c[nH]c2ccccc12)c1c[nH]c2ccccc12. The fourth-order valence-corrected chi connectivity index (χ4v) is 3.70. The lowest BCUT2D eigenvalue weighted by Crippen LogP contribution is -2.01. The highest BCUT2D eigenvalue weighted by Gasteiger charge is 2.20. The van der Waals surface area contributed by atoms with Crippen LogP contribution in [0.25, 0.3) is 21.8 Å². The van der Waals surface area contributed by atoms with E-state index >= 15 is 0 Å². The van der Waals surface area contributed by atoms with E-state index in [9.17, 15) is 5.11 Å². The molecule has 0 aliphatic rings. The lowest BCUT2D eigenvalue weighted by molar-refractivity contribution is 0.282. The van der Waals surface area contributed by atoms with Gasteiger partial charge in [-0.15, -0.1) is 0 Å². The van der Waals surface area contributed by atoms with E-state index in [0.717, 1.165) is 19.3 Å². The Bertz CT molecular complexity index is 876. The summed E-state index contributed by atoms with van der Waals surface area (Å²) in [4.78, 5) is 6.82. The maximum Gasteiger partial charge on any atom is 0.0457 e. The Morgan fingerprint density at radius 2 is 1.29 bits per heavy atom. The van der Waals surface area contributed by atoms with Crippen LogP contribution < -0.4 is 0 Å². The Morgan fingerprint density at radius 3 is 1.83 bits per heavy atom. The second kappa shape index (κ2) is 6.54. The second-order valence-corrected chi connectivity index (χ2v) is 6.35. The first-order valence-electron chi connectivity index (χ1n) is 8.61. The minimum Gasteiger partial charge on any atom is -0.396 e. The number of benzene rings is 2. The number of aliphatic hydroxyl groups is 1. The summed E-state index contributed by atoms with van der Waals surface area (Å²) >= 11 is 0. The second-order valence-electron chi connectivity index (χ2n) is 6.35. The van der Waals surface area contributed by atoms with Gasteiger partial charge in [-0.05, 0) is 36.1 Å². The largest absolute Gasteiger partial charge is 0.396 e. The van der Waals surface area contributed by atoms with Crippen LogP contribution >= 0.6 is 0 Å². The van der Waals surface area contributed by atoms with Crippen LogP contribution in [0.1, 0.15) is 36.3 Å². The van der Waals surface area contributed by atoms with Crippen molar-refractivity contribution in [2.45, 2.75) is 25.2 Å². The van der Waals surface area contributed by atoms with Crippen LogP contribution in [0.4, 0.5) is 0 Å². The molecule has 0 radical (unpaired) electrons. The fourth-order valence-electron chi connectivity index (χ4n) is 3.70. The monoisotopic (exact) mass is 318 g/mol. The molecule has 3 heteroatoms. The Hall–Kier alpha value is -2.52. The number of hydrogen-bond acceptors (Lipinski definition) is 1. The van der Waals surface area contributed by atoms with Gasteiger partial charge in [0.05, 0.1) is 0 Å².